The number of hydrogen-bond donors (Lipinski definition) is 2. The van der Waals surface area contributed by atoms with Crippen molar-refractivity contribution in [2.45, 2.75) is 37.3 Å². The molecule has 1 saturated carbocycles. The van der Waals surface area contributed by atoms with Crippen LogP contribution in [-0.4, -0.2) is 40.6 Å². The quantitative estimate of drug-likeness (QED) is 0.635. The zero-order chi connectivity index (χ0) is 9.47. The fourth-order valence-electron chi connectivity index (χ4n) is 1.94. The van der Waals surface area contributed by atoms with Crippen molar-refractivity contribution in [2.75, 3.05) is 13.1 Å². The van der Waals surface area contributed by atoms with Gasteiger partial charge in [-0.25, -0.2) is 0 Å². The number of piperidine rings is 1. The molecule has 0 aromatic carbocycles. The lowest BCUT2D eigenvalue weighted by atomic mass is 9.89. The highest BCUT2D eigenvalue weighted by Crippen LogP contribution is 2.31. The summed E-state index contributed by atoms with van der Waals surface area (Å²) in [6.45, 7) is 1.71. The Morgan fingerprint density at radius 3 is 2.31 bits per heavy atom. The number of likely N-dealkylation sites (tertiary alicyclic amines) is 1. The van der Waals surface area contributed by atoms with Crippen molar-refractivity contribution in [3.8, 4) is 0 Å². The third kappa shape index (κ3) is 1.69. The van der Waals surface area contributed by atoms with Crippen LogP contribution in [0.2, 0.25) is 0 Å². The van der Waals surface area contributed by atoms with Crippen molar-refractivity contribution in [3.63, 3.8) is 0 Å². The summed E-state index contributed by atoms with van der Waals surface area (Å²) in [5.41, 5.74) is 4.81. The Kier molecular flexibility index (Phi) is 2.04. The number of nitrogens with two attached hydrogens (primary N) is 1. The molecule has 0 aromatic heterocycles. The van der Waals surface area contributed by atoms with E-state index in [2.05, 4.69) is 4.90 Å². The minimum Gasteiger partial charge on any atom is -0.480 e. The minimum atomic E-state index is -0.953. The Balaban J connectivity index is 1.90. The lowest BCUT2D eigenvalue weighted by molar-refractivity contribution is -0.145. The maximum atomic E-state index is 10.8. The molecule has 0 bridgehead atoms. The standard InChI is InChI=1S/C9H16N2O2/c10-9(8(12)13)3-5-11(6-4-9)7-1-2-7/h7H,1-6,10H2,(H,12,13). The molecule has 0 aromatic rings. The van der Waals surface area contributed by atoms with Crippen molar-refractivity contribution in [1.82, 2.24) is 4.90 Å². The van der Waals surface area contributed by atoms with E-state index in [-0.39, 0.29) is 0 Å². The molecule has 0 amide bonds. The molecule has 2 fully saturated rings. The number of aliphatic carboxylic acids is 1. The van der Waals surface area contributed by atoms with Gasteiger partial charge in [-0.15, -0.1) is 0 Å². The molecular weight excluding hydrogens is 168 g/mol. The van der Waals surface area contributed by atoms with Crippen molar-refractivity contribution < 1.29 is 9.90 Å². The Labute approximate surface area is 77.7 Å². The number of rotatable bonds is 2. The largest absolute Gasteiger partial charge is 0.480 e. The van der Waals surface area contributed by atoms with Crippen molar-refractivity contribution in [2.24, 2.45) is 5.73 Å². The maximum absolute atomic E-state index is 10.8. The molecule has 13 heavy (non-hydrogen) atoms. The predicted molar refractivity (Wildman–Crippen MR) is 48.4 cm³/mol. The topological polar surface area (TPSA) is 66.6 Å². The Morgan fingerprint density at radius 2 is 1.92 bits per heavy atom. The van der Waals surface area contributed by atoms with E-state index < -0.39 is 11.5 Å². The first kappa shape index (κ1) is 8.97. The van der Waals surface area contributed by atoms with Gasteiger partial charge in [0.05, 0.1) is 0 Å². The fraction of sp³-hybridized carbons (Fsp3) is 0.889. The Hall–Kier alpha value is -0.610. The summed E-state index contributed by atoms with van der Waals surface area (Å²) in [6.07, 6.45) is 3.76. The van der Waals surface area contributed by atoms with E-state index >= 15 is 0 Å². The minimum absolute atomic E-state index is 0.596. The Bertz CT molecular complexity index is 218. The van der Waals surface area contributed by atoms with Gasteiger partial charge in [-0.05, 0) is 25.7 Å². The van der Waals surface area contributed by atoms with Gasteiger partial charge in [0, 0.05) is 19.1 Å². The second-order valence-electron chi connectivity index (χ2n) is 4.23. The number of carboxylic acid groups (broad SMARTS) is 1. The van der Waals surface area contributed by atoms with Crippen LogP contribution in [0.1, 0.15) is 25.7 Å². The first-order valence-corrected chi connectivity index (χ1v) is 4.88. The number of hydrogen-bond acceptors (Lipinski definition) is 3. The molecule has 1 heterocycles. The molecule has 4 heteroatoms. The summed E-state index contributed by atoms with van der Waals surface area (Å²) < 4.78 is 0. The van der Waals surface area contributed by atoms with Gasteiger partial charge in [-0.1, -0.05) is 0 Å². The van der Waals surface area contributed by atoms with Gasteiger partial charge in [0.25, 0.3) is 0 Å². The third-order valence-corrected chi connectivity index (χ3v) is 3.18. The predicted octanol–water partition coefficient (Wildman–Crippen LogP) is 0.0267. The van der Waals surface area contributed by atoms with Gasteiger partial charge in [-0.2, -0.15) is 0 Å². The summed E-state index contributed by atoms with van der Waals surface area (Å²) in [7, 11) is 0. The van der Waals surface area contributed by atoms with E-state index in [1.165, 1.54) is 12.8 Å². The zero-order valence-electron chi connectivity index (χ0n) is 7.70. The van der Waals surface area contributed by atoms with E-state index in [0.29, 0.717) is 12.8 Å². The summed E-state index contributed by atoms with van der Waals surface area (Å²) in [6, 6.07) is 0.735. The molecule has 2 rings (SSSR count). The third-order valence-electron chi connectivity index (χ3n) is 3.18. The van der Waals surface area contributed by atoms with Gasteiger partial charge in [0.15, 0.2) is 0 Å². The number of carboxylic acids is 1. The highest BCUT2D eigenvalue weighted by atomic mass is 16.4. The molecule has 1 saturated heterocycles. The van der Waals surface area contributed by atoms with E-state index in [1.54, 1.807) is 0 Å². The zero-order valence-corrected chi connectivity index (χ0v) is 7.70. The highest BCUT2D eigenvalue weighted by Gasteiger charge is 2.41. The van der Waals surface area contributed by atoms with Crippen LogP contribution in [0.4, 0.5) is 0 Å². The summed E-state index contributed by atoms with van der Waals surface area (Å²) in [5.74, 6) is -0.844. The average molecular weight is 184 g/mol. The number of nitrogens with zero attached hydrogens (tertiary/aromatic N) is 1. The van der Waals surface area contributed by atoms with E-state index in [4.69, 9.17) is 10.8 Å². The summed E-state index contributed by atoms with van der Waals surface area (Å²) >= 11 is 0. The van der Waals surface area contributed by atoms with Gasteiger partial charge in [0.2, 0.25) is 0 Å². The van der Waals surface area contributed by atoms with Gasteiger partial charge >= 0.3 is 5.97 Å². The van der Waals surface area contributed by atoms with Crippen LogP contribution in [-0.2, 0) is 4.79 Å². The fourth-order valence-corrected chi connectivity index (χ4v) is 1.94. The molecule has 1 aliphatic carbocycles. The number of carbonyl (C=O) groups is 1. The summed E-state index contributed by atoms with van der Waals surface area (Å²) in [4.78, 5) is 13.2. The van der Waals surface area contributed by atoms with Crippen LogP contribution in [0.3, 0.4) is 0 Å². The average Bonchev–Trinajstić information content (AvgIpc) is 2.88. The van der Waals surface area contributed by atoms with Crippen LogP contribution in [0.15, 0.2) is 0 Å². The molecule has 0 spiro atoms. The van der Waals surface area contributed by atoms with Crippen molar-refractivity contribution in [1.29, 1.82) is 0 Å². The molecule has 74 valence electrons. The molecule has 4 nitrogen and oxygen atoms in total. The summed E-state index contributed by atoms with van der Waals surface area (Å²) in [5, 5.41) is 8.89. The first-order valence-electron chi connectivity index (χ1n) is 4.88. The van der Waals surface area contributed by atoms with Crippen molar-refractivity contribution >= 4 is 5.97 Å². The molecular formula is C9H16N2O2. The molecule has 1 aliphatic heterocycles. The smallest absolute Gasteiger partial charge is 0.323 e. The van der Waals surface area contributed by atoms with Crippen LogP contribution >= 0.6 is 0 Å². The normalized spacial score (nSPS) is 28.7. The lowest BCUT2D eigenvalue weighted by Crippen LogP contribution is -2.55. The van der Waals surface area contributed by atoms with E-state index in [9.17, 15) is 4.79 Å². The highest BCUT2D eigenvalue weighted by molar-refractivity contribution is 5.78. The van der Waals surface area contributed by atoms with Gasteiger partial charge in [0.1, 0.15) is 5.54 Å². The second-order valence-corrected chi connectivity index (χ2v) is 4.23. The van der Waals surface area contributed by atoms with Gasteiger partial charge < -0.3 is 15.7 Å². The van der Waals surface area contributed by atoms with Crippen LogP contribution in [0, 0.1) is 0 Å². The van der Waals surface area contributed by atoms with Crippen LogP contribution in [0.5, 0.6) is 0 Å². The second kappa shape index (κ2) is 2.96. The maximum Gasteiger partial charge on any atom is 0.323 e. The lowest BCUT2D eigenvalue weighted by Gasteiger charge is -2.36. The van der Waals surface area contributed by atoms with Gasteiger partial charge in [-0.3, -0.25) is 4.79 Å². The Morgan fingerprint density at radius 1 is 1.38 bits per heavy atom. The monoisotopic (exact) mass is 184 g/mol. The first-order chi connectivity index (χ1) is 6.12. The van der Waals surface area contributed by atoms with Crippen LogP contribution in [0.25, 0.3) is 0 Å². The van der Waals surface area contributed by atoms with Crippen molar-refractivity contribution in [3.05, 3.63) is 0 Å². The van der Waals surface area contributed by atoms with Crippen LogP contribution < -0.4 is 5.73 Å². The molecule has 2 aliphatic rings. The molecule has 0 unspecified atom stereocenters. The SMILES string of the molecule is NC1(C(=O)O)CCN(C2CC2)CC1. The van der Waals surface area contributed by atoms with E-state index in [0.717, 1.165) is 19.1 Å². The molecule has 3 N–H and O–H groups in total. The molecule has 0 radical (unpaired) electrons. The molecule has 0 atom stereocenters. The van der Waals surface area contributed by atoms with E-state index in [1.807, 2.05) is 0 Å².